The number of nitro groups is 1. The second kappa shape index (κ2) is 3.84. The van der Waals surface area contributed by atoms with Crippen LogP contribution in [-0.2, 0) is 5.79 Å². The summed E-state index contributed by atoms with van der Waals surface area (Å²) in [5, 5.41) is 10.8. The van der Waals surface area contributed by atoms with E-state index in [4.69, 9.17) is 23.1 Å². The minimum absolute atomic E-state index is 0.0326. The van der Waals surface area contributed by atoms with Crippen LogP contribution in [0.25, 0.3) is 0 Å². The van der Waals surface area contributed by atoms with Crippen molar-refractivity contribution in [1.29, 1.82) is 0 Å². The number of guanidine groups is 1. The van der Waals surface area contributed by atoms with Crippen LogP contribution in [0.3, 0.4) is 0 Å². The number of hydrogen-bond acceptors (Lipinski definition) is 7. The fourth-order valence-electron chi connectivity index (χ4n) is 1.43. The first-order valence-corrected chi connectivity index (χ1v) is 4.92. The molecule has 17 heavy (non-hydrogen) atoms. The second-order valence-corrected chi connectivity index (χ2v) is 3.84. The number of hydrazine groups is 1. The zero-order chi connectivity index (χ0) is 12.6. The summed E-state index contributed by atoms with van der Waals surface area (Å²) in [7, 11) is 0. The standard InChI is InChI=1S/C8H9ClN6O2/c9-5-2-1-4(3-6(5)15(16)17)8(11)12-7(10)13-14-8/h1-3,14H,11H2,(H3,10,12,13). The third kappa shape index (κ3) is 2.00. The zero-order valence-electron chi connectivity index (χ0n) is 8.48. The maximum absolute atomic E-state index is 10.7. The Labute approximate surface area is 101 Å². The van der Waals surface area contributed by atoms with Crippen LogP contribution in [0.15, 0.2) is 23.2 Å². The molecule has 0 amide bonds. The highest BCUT2D eigenvalue weighted by Crippen LogP contribution is 2.29. The van der Waals surface area contributed by atoms with Crippen molar-refractivity contribution in [3.05, 3.63) is 38.9 Å². The molecule has 0 radical (unpaired) electrons. The Hall–Kier alpha value is -1.90. The number of nitrogens with one attached hydrogen (secondary N) is 2. The Morgan fingerprint density at radius 3 is 2.76 bits per heavy atom. The first-order chi connectivity index (χ1) is 7.92. The van der Waals surface area contributed by atoms with Gasteiger partial charge in [-0.2, -0.15) is 5.43 Å². The van der Waals surface area contributed by atoms with Crippen molar-refractivity contribution < 1.29 is 4.92 Å². The lowest BCUT2D eigenvalue weighted by Gasteiger charge is -2.20. The van der Waals surface area contributed by atoms with E-state index in [0.29, 0.717) is 5.56 Å². The van der Waals surface area contributed by atoms with Gasteiger partial charge in [-0.05, 0) is 6.07 Å². The van der Waals surface area contributed by atoms with Gasteiger partial charge < -0.3 is 5.73 Å². The first-order valence-electron chi connectivity index (χ1n) is 4.54. The van der Waals surface area contributed by atoms with E-state index >= 15 is 0 Å². The van der Waals surface area contributed by atoms with E-state index < -0.39 is 10.7 Å². The van der Waals surface area contributed by atoms with Crippen LogP contribution in [0.2, 0.25) is 5.02 Å². The summed E-state index contributed by atoms with van der Waals surface area (Å²) in [6.07, 6.45) is 0. The molecular formula is C8H9ClN6O2. The SMILES string of the molecule is NC1=NC(N)(c2ccc(Cl)c([N+](=O)[O-])c2)NN1. The molecule has 2 rings (SSSR count). The summed E-state index contributed by atoms with van der Waals surface area (Å²) in [4.78, 5) is 14.1. The van der Waals surface area contributed by atoms with Crippen molar-refractivity contribution in [2.45, 2.75) is 5.79 Å². The number of halogens is 1. The van der Waals surface area contributed by atoms with Crippen molar-refractivity contribution in [1.82, 2.24) is 10.9 Å². The molecule has 9 heteroatoms. The molecule has 1 aromatic rings. The summed E-state index contributed by atoms with van der Waals surface area (Å²) >= 11 is 5.69. The minimum atomic E-state index is -1.33. The van der Waals surface area contributed by atoms with Crippen molar-refractivity contribution >= 4 is 23.2 Å². The molecule has 0 saturated carbocycles. The van der Waals surface area contributed by atoms with E-state index in [1.807, 2.05) is 0 Å². The molecule has 1 atom stereocenters. The maximum Gasteiger partial charge on any atom is 0.288 e. The van der Waals surface area contributed by atoms with Crippen LogP contribution in [-0.4, -0.2) is 10.9 Å². The molecule has 0 fully saturated rings. The Balaban J connectivity index is 2.47. The van der Waals surface area contributed by atoms with Gasteiger partial charge in [0.2, 0.25) is 11.7 Å². The summed E-state index contributed by atoms with van der Waals surface area (Å²) in [5.41, 5.74) is 16.6. The minimum Gasteiger partial charge on any atom is -0.369 e. The third-order valence-electron chi connectivity index (χ3n) is 2.26. The molecule has 1 aromatic carbocycles. The largest absolute Gasteiger partial charge is 0.369 e. The van der Waals surface area contributed by atoms with Crippen LogP contribution in [0, 0.1) is 10.1 Å². The number of rotatable bonds is 2. The number of nitrogens with zero attached hydrogens (tertiary/aromatic N) is 2. The number of benzene rings is 1. The highest BCUT2D eigenvalue weighted by molar-refractivity contribution is 6.32. The third-order valence-corrected chi connectivity index (χ3v) is 2.58. The second-order valence-electron chi connectivity index (χ2n) is 3.44. The van der Waals surface area contributed by atoms with E-state index in [1.54, 1.807) is 0 Å². The van der Waals surface area contributed by atoms with E-state index in [0.717, 1.165) is 0 Å². The lowest BCUT2D eigenvalue weighted by atomic mass is 10.1. The molecule has 1 heterocycles. The molecule has 6 N–H and O–H groups in total. The molecule has 8 nitrogen and oxygen atoms in total. The van der Waals surface area contributed by atoms with E-state index in [9.17, 15) is 10.1 Å². The number of aliphatic imine (C=N–C) groups is 1. The number of hydrogen-bond donors (Lipinski definition) is 4. The van der Waals surface area contributed by atoms with Crippen molar-refractivity contribution in [3.8, 4) is 0 Å². The lowest BCUT2D eigenvalue weighted by molar-refractivity contribution is -0.384. The number of nitro benzene ring substituents is 1. The summed E-state index contributed by atoms with van der Waals surface area (Å²) in [6.45, 7) is 0. The van der Waals surface area contributed by atoms with Gasteiger partial charge >= 0.3 is 0 Å². The van der Waals surface area contributed by atoms with Crippen LogP contribution in [0.4, 0.5) is 5.69 Å². The Morgan fingerprint density at radius 1 is 1.53 bits per heavy atom. The molecule has 0 bridgehead atoms. The smallest absolute Gasteiger partial charge is 0.288 e. The fourth-order valence-corrected chi connectivity index (χ4v) is 1.62. The highest BCUT2D eigenvalue weighted by atomic mass is 35.5. The normalized spacial score (nSPS) is 23.1. The van der Waals surface area contributed by atoms with Gasteiger partial charge in [-0.1, -0.05) is 17.7 Å². The Morgan fingerprint density at radius 2 is 2.24 bits per heavy atom. The molecular weight excluding hydrogens is 248 g/mol. The van der Waals surface area contributed by atoms with Crippen LogP contribution in [0.1, 0.15) is 5.56 Å². The molecule has 0 aliphatic carbocycles. The summed E-state index contributed by atoms with van der Waals surface area (Å²) < 4.78 is 0. The van der Waals surface area contributed by atoms with Gasteiger partial charge in [-0.15, -0.1) is 0 Å². The van der Waals surface area contributed by atoms with Crippen LogP contribution < -0.4 is 22.3 Å². The highest BCUT2D eigenvalue weighted by Gasteiger charge is 2.33. The van der Waals surface area contributed by atoms with Crippen molar-refractivity contribution in [2.75, 3.05) is 0 Å². The molecule has 0 spiro atoms. The van der Waals surface area contributed by atoms with Crippen molar-refractivity contribution in [2.24, 2.45) is 16.5 Å². The van der Waals surface area contributed by atoms with Gasteiger partial charge in [-0.3, -0.25) is 21.3 Å². The van der Waals surface area contributed by atoms with E-state index in [-0.39, 0.29) is 16.7 Å². The molecule has 1 aliphatic rings. The topological polar surface area (TPSA) is 132 Å². The molecule has 0 saturated heterocycles. The van der Waals surface area contributed by atoms with Crippen LogP contribution >= 0.6 is 11.6 Å². The van der Waals surface area contributed by atoms with Gasteiger partial charge in [0.15, 0.2) is 0 Å². The van der Waals surface area contributed by atoms with Crippen LogP contribution in [0.5, 0.6) is 0 Å². The van der Waals surface area contributed by atoms with Gasteiger partial charge in [0, 0.05) is 11.6 Å². The predicted octanol–water partition coefficient (Wildman–Crippen LogP) is -0.260. The molecule has 1 unspecified atom stereocenters. The number of nitrogens with two attached hydrogens (primary N) is 2. The Bertz CT molecular complexity index is 519. The lowest BCUT2D eigenvalue weighted by Crippen LogP contribution is -2.50. The fraction of sp³-hybridized carbons (Fsp3) is 0.125. The van der Waals surface area contributed by atoms with Gasteiger partial charge in [0.1, 0.15) is 5.02 Å². The van der Waals surface area contributed by atoms with Crippen molar-refractivity contribution in [3.63, 3.8) is 0 Å². The van der Waals surface area contributed by atoms with Gasteiger partial charge in [0.25, 0.3) is 5.69 Å². The molecule has 90 valence electrons. The monoisotopic (exact) mass is 256 g/mol. The van der Waals surface area contributed by atoms with E-state index in [2.05, 4.69) is 15.8 Å². The quantitative estimate of drug-likeness (QED) is 0.426. The first kappa shape index (κ1) is 11.6. The maximum atomic E-state index is 10.7. The molecule has 0 aromatic heterocycles. The average Bonchev–Trinajstić information content (AvgIpc) is 2.60. The average molecular weight is 257 g/mol. The summed E-state index contributed by atoms with van der Waals surface area (Å²) in [6, 6.07) is 4.17. The Kier molecular flexibility index (Phi) is 2.62. The van der Waals surface area contributed by atoms with E-state index in [1.165, 1.54) is 18.2 Å². The molecule has 1 aliphatic heterocycles. The van der Waals surface area contributed by atoms with Gasteiger partial charge in [0.05, 0.1) is 4.92 Å². The zero-order valence-corrected chi connectivity index (χ0v) is 9.23. The predicted molar refractivity (Wildman–Crippen MR) is 61.9 cm³/mol. The summed E-state index contributed by atoms with van der Waals surface area (Å²) in [5.74, 6) is -1.23. The van der Waals surface area contributed by atoms with Gasteiger partial charge in [-0.25, -0.2) is 4.99 Å².